The molecule has 0 spiro atoms. The summed E-state index contributed by atoms with van der Waals surface area (Å²) in [4.78, 5) is 14.7. The van der Waals surface area contributed by atoms with Crippen LogP contribution in [0.4, 0.5) is 24.5 Å². The van der Waals surface area contributed by atoms with Gasteiger partial charge in [0.25, 0.3) is 5.91 Å². The van der Waals surface area contributed by atoms with Gasteiger partial charge in [-0.15, -0.1) is 0 Å². The zero-order valence-electron chi connectivity index (χ0n) is 18.6. The van der Waals surface area contributed by atoms with Gasteiger partial charge in [-0.05, 0) is 68.1 Å². The van der Waals surface area contributed by atoms with Crippen LogP contribution in [0.15, 0.2) is 48.5 Å². The van der Waals surface area contributed by atoms with Gasteiger partial charge in [0.1, 0.15) is 0 Å². The Hall–Kier alpha value is -2.59. The number of amides is 1. The van der Waals surface area contributed by atoms with Crippen molar-refractivity contribution in [2.24, 2.45) is 5.92 Å². The molecule has 2 aromatic carbocycles. The average Bonchev–Trinajstić information content (AvgIpc) is 3.16. The number of carbonyl (C=O) groups excluding carboxylic acids is 1. The molecule has 34 heavy (non-hydrogen) atoms. The normalized spacial score (nSPS) is 20.9. The van der Waals surface area contributed by atoms with Crippen LogP contribution in [0.3, 0.4) is 0 Å². The first-order chi connectivity index (χ1) is 16.1. The zero-order valence-corrected chi connectivity index (χ0v) is 19.5. The molecule has 2 saturated heterocycles. The van der Waals surface area contributed by atoms with Crippen LogP contribution in [0.2, 0.25) is 0 Å². The van der Waals surface area contributed by atoms with Crippen molar-refractivity contribution in [3.63, 3.8) is 0 Å². The van der Waals surface area contributed by atoms with Gasteiger partial charge in [-0.25, -0.2) is 8.42 Å². The van der Waals surface area contributed by atoms with E-state index < -0.39 is 27.5 Å². The number of nitrogens with one attached hydrogen (secondary N) is 2. The maximum atomic E-state index is 12.9. The number of halogens is 3. The minimum absolute atomic E-state index is 0.0535. The van der Waals surface area contributed by atoms with Crippen molar-refractivity contribution in [1.29, 1.82) is 0 Å². The third kappa shape index (κ3) is 6.29. The lowest BCUT2D eigenvalue weighted by Gasteiger charge is -2.34. The number of benzene rings is 2. The van der Waals surface area contributed by atoms with Gasteiger partial charge in [0.2, 0.25) is 0 Å². The first kappa shape index (κ1) is 24.5. The molecule has 0 unspecified atom stereocenters. The minimum Gasteiger partial charge on any atom is -0.371 e. The van der Waals surface area contributed by atoms with E-state index in [0.717, 1.165) is 56.7 Å². The summed E-state index contributed by atoms with van der Waals surface area (Å²) >= 11 is 0. The Bertz CT molecular complexity index is 1130. The molecule has 0 aromatic heterocycles. The second-order valence-electron chi connectivity index (χ2n) is 9.02. The van der Waals surface area contributed by atoms with Crippen molar-refractivity contribution in [1.82, 2.24) is 5.32 Å². The van der Waals surface area contributed by atoms with E-state index in [2.05, 4.69) is 15.5 Å². The monoisotopic (exact) mass is 495 g/mol. The summed E-state index contributed by atoms with van der Waals surface area (Å²) in [5, 5.41) is 6.20. The standard InChI is InChI=1S/C24H28F3N3O3S/c25-24(26,27)19-4-1-3-18(13-19)23(31)29-21-5-2-6-22(14-21)30-10-7-20(8-11-30)28-15-17-9-12-34(32,33)16-17/h1-6,13-14,17,20,28H,7-12,15-16H2,(H,29,31)/t17-/m1/s1. The van der Waals surface area contributed by atoms with E-state index in [1.807, 2.05) is 18.2 Å². The highest BCUT2D eigenvalue weighted by Crippen LogP contribution is 2.30. The largest absolute Gasteiger partial charge is 0.416 e. The maximum absolute atomic E-state index is 12.9. The van der Waals surface area contributed by atoms with Crippen LogP contribution in [0, 0.1) is 5.92 Å². The van der Waals surface area contributed by atoms with Gasteiger partial charge < -0.3 is 15.5 Å². The van der Waals surface area contributed by atoms with Crippen molar-refractivity contribution < 1.29 is 26.4 Å². The fraction of sp³-hybridized carbons (Fsp3) is 0.458. The zero-order chi connectivity index (χ0) is 24.3. The highest BCUT2D eigenvalue weighted by molar-refractivity contribution is 7.91. The van der Waals surface area contributed by atoms with E-state index in [9.17, 15) is 26.4 Å². The number of carbonyl (C=O) groups is 1. The maximum Gasteiger partial charge on any atom is 0.416 e. The highest BCUT2D eigenvalue weighted by atomic mass is 32.2. The Morgan fingerprint density at radius 2 is 1.76 bits per heavy atom. The van der Waals surface area contributed by atoms with Crippen molar-refractivity contribution in [2.45, 2.75) is 31.5 Å². The summed E-state index contributed by atoms with van der Waals surface area (Å²) in [6.07, 6.45) is -1.94. The average molecular weight is 496 g/mol. The fourth-order valence-corrected chi connectivity index (χ4v) is 6.39. The Balaban J connectivity index is 1.30. The number of sulfone groups is 1. The molecule has 2 fully saturated rings. The lowest BCUT2D eigenvalue weighted by atomic mass is 10.0. The first-order valence-electron chi connectivity index (χ1n) is 11.4. The van der Waals surface area contributed by atoms with Gasteiger partial charge in [0.05, 0.1) is 17.1 Å². The van der Waals surface area contributed by atoms with E-state index in [-0.39, 0.29) is 17.2 Å². The number of hydrogen-bond donors (Lipinski definition) is 2. The molecule has 0 radical (unpaired) electrons. The number of anilines is 2. The number of piperidine rings is 1. The van der Waals surface area contributed by atoms with E-state index in [4.69, 9.17) is 0 Å². The van der Waals surface area contributed by atoms with Crippen LogP contribution >= 0.6 is 0 Å². The van der Waals surface area contributed by atoms with Gasteiger partial charge in [0, 0.05) is 36.1 Å². The SMILES string of the molecule is O=C(Nc1cccc(N2CCC(NC[C@H]3CCS(=O)(=O)C3)CC2)c1)c1cccc(C(F)(F)F)c1. The second kappa shape index (κ2) is 9.95. The molecule has 1 amide bonds. The number of nitrogens with zero attached hydrogens (tertiary/aromatic N) is 1. The molecule has 2 heterocycles. The minimum atomic E-state index is -4.51. The molecule has 4 rings (SSSR count). The molecule has 2 aliphatic heterocycles. The Morgan fingerprint density at radius 3 is 2.44 bits per heavy atom. The molecule has 10 heteroatoms. The summed E-state index contributed by atoms with van der Waals surface area (Å²) in [5.41, 5.74) is 0.534. The lowest BCUT2D eigenvalue weighted by Crippen LogP contribution is -2.44. The molecule has 0 bridgehead atoms. The summed E-state index contributed by atoms with van der Waals surface area (Å²) in [6.45, 7) is 2.35. The molecular formula is C24H28F3N3O3S. The van der Waals surface area contributed by atoms with Crippen LogP contribution < -0.4 is 15.5 Å². The smallest absolute Gasteiger partial charge is 0.371 e. The molecular weight excluding hydrogens is 467 g/mol. The summed E-state index contributed by atoms with van der Waals surface area (Å²) in [6, 6.07) is 12.0. The molecule has 2 aliphatic rings. The van der Waals surface area contributed by atoms with Gasteiger partial charge in [-0.1, -0.05) is 12.1 Å². The lowest BCUT2D eigenvalue weighted by molar-refractivity contribution is -0.137. The third-order valence-corrected chi connectivity index (χ3v) is 8.28. The quantitative estimate of drug-likeness (QED) is 0.635. The molecule has 2 N–H and O–H groups in total. The molecule has 0 aliphatic carbocycles. The van der Waals surface area contributed by atoms with Crippen LogP contribution in [0.25, 0.3) is 0 Å². The van der Waals surface area contributed by atoms with Crippen molar-refractivity contribution >= 4 is 27.1 Å². The van der Waals surface area contributed by atoms with E-state index in [0.29, 0.717) is 17.5 Å². The van der Waals surface area contributed by atoms with Crippen LogP contribution in [0.1, 0.15) is 35.2 Å². The second-order valence-corrected chi connectivity index (χ2v) is 11.3. The Labute approximate surface area is 197 Å². The molecule has 0 saturated carbocycles. The molecule has 6 nitrogen and oxygen atoms in total. The van der Waals surface area contributed by atoms with Gasteiger partial charge in [-0.3, -0.25) is 4.79 Å². The van der Waals surface area contributed by atoms with Crippen LogP contribution in [0.5, 0.6) is 0 Å². The number of alkyl halides is 3. The Kier molecular flexibility index (Phi) is 7.18. The number of rotatable bonds is 6. The van der Waals surface area contributed by atoms with Gasteiger partial charge in [0.15, 0.2) is 9.84 Å². The van der Waals surface area contributed by atoms with Crippen molar-refractivity contribution in [3.05, 3.63) is 59.7 Å². The van der Waals surface area contributed by atoms with Crippen LogP contribution in [-0.4, -0.2) is 51.5 Å². The van der Waals surface area contributed by atoms with Crippen molar-refractivity contribution in [2.75, 3.05) is 41.4 Å². The molecule has 184 valence electrons. The summed E-state index contributed by atoms with van der Waals surface area (Å²) in [5.74, 6) is 0.163. The predicted octanol–water partition coefficient (Wildman–Crippen LogP) is 3.95. The highest BCUT2D eigenvalue weighted by Gasteiger charge is 2.31. The fourth-order valence-electron chi connectivity index (χ4n) is 4.53. The summed E-state index contributed by atoms with van der Waals surface area (Å²) in [7, 11) is -2.86. The van der Waals surface area contributed by atoms with Gasteiger partial charge >= 0.3 is 6.18 Å². The van der Waals surface area contributed by atoms with E-state index >= 15 is 0 Å². The topological polar surface area (TPSA) is 78.5 Å². The van der Waals surface area contributed by atoms with Crippen molar-refractivity contribution in [3.8, 4) is 0 Å². The van der Waals surface area contributed by atoms with E-state index in [1.54, 1.807) is 6.07 Å². The predicted molar refractivity (Wildman–Crippen MR) is 126 cm³/mol. The summed E-state index contributed by atoms with van der Waals surface area (Å²) < 4.78 is 62.0. The molecule has 2 aromatic rings. The third-order valence-electron chi connectivity index (χ3n) is 6.44. The van der Waals surface area contributed by atoms with Crippen LogP contribution in [-0.2, 0) is 16.0 Å². The number of hydrogen-bond acceptors (Lipinski definition) is 5. The first-order valence-corrected chi connectivity index (χ1v) is 13.2. The Morgan fingerprint density at radius 1 is 1.03 bits per heavy atom. The molecule has 1 atom stereocenters. The van der Waals surface area contributed by atoms with Gasteiger partial charge in [-0.2, -0.15) is 13.2 Å². The van der Waals surface area contributed by atoms with E-state index in [1.165, 1.54) is 12.1 Å².